The van der Waals surface area contributed by atoms with Crippen molar-refractivity contribution in [3.05, 3.63) is 41.5 Å². The molecule has 0 bridgehead atoms. The van der Waals surface area contributed by atoms with Gasteiger partial charge in [-0.2, -0.15) is 4.31 Å². The highest BCUT2D eigenvalue weighted by Crippen LogP contribution is 2.43. The predicted octanol–water partition coefficient (Wildman–Crippen LogP) is 5.75. The molecule has 168 valence electrons. The molecule has 1 fully saturated rings. The van der Waals surface area contributed by atoms with Crippen molar-refractivity contribution in [3.8, 4) is 0 Å². The van der Waals surface area contributed by atoms with Gasteiger partial charge in [0, 0.05) is 19.0 Å². The minimum atomic E-state index is -3.46. The molecule has 1 heterocycles. The van der Waals surface area contributed by atoms with Crippen molar-refractivity contribution in [2.45, 2.75) is 83.0 Å². The van der Waals surface area contributed by atoms with E-state index in [2.05, 4.69) is 33.8 Å². The smallest absolute Gasteiger partial charge is 0.243 e. The zero-order valence-electron chi connectivity index (χ0n) is 19.4. The summed E-state index contributed by atoms with van der Waals surface area (Å²) in [6, 6.07) is 10.7. The highest BCUT2D eigenvalue weighted by Gasteiger charge is 2.45. The van der Waals surface area contributed by atoms with Crippen LogP contribution in [0.25, 0.3) is 0 Å². The molecule has 3 rings (SSSR count). The van der Waals surface area contributed by atoms with Crippen LogP contribution in [0.3, 0.4) is 0 Å². The quantitative estimate of drug-likeness (QED) is 0.356. The van der Waals surface area contributed by atoms with E-state index in [-0.39, 0.29) is 6.10 Å². The van der Waals surface area contributed by atoms with Crippen LogP contribution in [-0.4, -0.2) is 40.2 Å². The van der Waals surface area contributed by atoms with Gasteiger partial charge in [0.25, 0.3) is 0 Å². The number of rotatable bonds is 9. The number of benzene rings is 1. The van der Waals surface area contributed by atoms with Crippen molar-refractivity contribution < 1.29 is 12.8 Å². The first-order valence-corrected chi connectivity index (χ1v) is 15.7. The Labute approximate surface area is 184 Å². The third-order valence-electron chi connectivity index (χ3n) is 7.46. The first-order valence-electron chi connectivity index (χ1n) is 11.7. The Morgan fingerprint density at radius 2 is 1.70 bits per heavy atom. The van der Waals surface area contributed by atoms with Gasteiger partial charge in [0.15, 0.2) is 8.32 Å². The molecule has 1 aliphatic carbocycles. The number of sulfonamides is 1. The van der Waals surface area contributed by atoms with Crippen LogP contribution in [0.2, 0.25) is 18.1 Å². The van der Waals surface area contributed by atoms with Crippen LogP contribution in [0, 0.1) is 18.8 Å². The van der Waals surface area contributed by atoms with Crippen LogP contribution in [0.15, 0.2) is 40.8 Å². The first-order chi connectivity index (χ1) is 14.3. The van der Waals surface area contributed by atoms with Crippen LogP contribution in [0.1, 0.15) is 52.5 Å². The molecule has 3 atom stereocenters. The summed E-state index contributed by atoms with van der Waals surface area (Å²) in [4.78, 5) is 0.404. The maximum absolute atomic E-state index is 13.3. The lowest BCUT2D eigenvalue weighted by molar-refractivity contribution is 0.0839. The summed E-state index contributed by atoms with van der Waals surface area (Å²) in [7, 11) is -5.15. The zero-order chi connectivity index (χ0) is 21.9. The number of hydrogen-bond donors (Lipinski definition) is 0. The molecule has 0 aromatic heterocycles. The average Bonchev–Trinajstić information content (AvgIpc) is 3.19. The van der Waals surface area contributed by atoms with Gasteiger partial charge in [0.05, 0.1) is 11.0 Å². The van der Waals surface area contributed by atoms with Crippen molar-refractivity contribution in [1.82, 2.24) is 4.31 Å². The summed E-state index contributed by atoms with van der Waals surface area (Å²) in [5, 5.41) is 0. The lowest BCUT2D eigenvalue weighted by Crippen LogP contribution is -2.45. The van der Waals surface area contributed by atoms with Crippen LogP contribution in [0.4, 0.5) is 0 Å². The minimum Gasteiger partial charge on any atom is -0.413 e. The predicted molar refractivity (Wildman–Crippen MR) is 127 cm³/mol. The lowest BCUT2D eigenvalue weighted by atomic mass is 9.76. The second-order valence-corrected chi connectivity index (χ2v) is 15.7. The Kier molecular flexibility index (Phi) is 7.65. The van der Waals surface area contributed by atoms with Crippen molar-refractivity contribution in [3.63, 3.8) is 0 Å². The summed E-state index contributed by atoms with van der Waals surface area (Å²) in [6.45, 7) is 12.2. The van der Waals surface area contributed by atoms with Gasteiger partial charge in [-0.1, -0.05) is 63.5 Å². The van der Waals surface area contributed by atoms with E-state index in [1.807, 2.05) is 19.1 Å². The molecule has 2 aliphatic rings. The minimum absolute atomic E-state index is 0.243. The van der Waals surface area contributed by atoms with Crippen LogP contribution >= 0.6 is 0 Å². The van der Waals surface area contributed by atoms with Gasteiger partial charge in [0.1, 0.15) is 0 Å². The molecule has 1 aliphatic heterocycles. The SMILES string of the molecule is CCC[C@@H]1[C@@H](O[Si](CC)(CC)CC)CC=C2CN(S(=O)(=O)c3ccc(C)cc3)C[C@H]21. The second kappa shape index (κ2) is 9.68. The third-order valence-corrected chi connectivity index (χ3v) is 14.0. The van der Waals surface area contributed by atoms with E-state index >= 15 is 0 Å². The van der Waals surface area contributed by atoms with Crippen LogP contribution in [0.5, 0.6) is 0 Å². The Hall–Kier alpha value is -0.953. The Morgan fingerprint density at radius 3 is 2.27 bits per heavy atom. The van der Waals surface area contributed by atoms with Gasteiger partial charge < -0.3 is 4.43 Å². The molecule has 0 saturated carbocycles. The van der Waals surface area contributed by atoms with Crippen LogP contribution in [-0.2, 0) is 14.4 Å². The van der Waals surface area contributed by atoms with E-state index < -0.39 is 18.3 Å². The molecule has 4 nitrogen and oxygen atoms in total. The molecule has 1 aromatic rings. The highest BCUT2D eigenvalue weighted by molar-refractivity contribution is 7.89. The Morgan fingerprint density at radius 1 is 1.07 bits per heavy atom. The molecule has 0 radical (unpaired) electrons. The van der Waals surface area contributed by atoms with E-state index in [4.69, 9.17) is 4.43 Å². The van der Waals surface area contributed by atoms with Crippen molar-refractivity contribution in [2.24, 2.45) is 11.8 Å². The summed E-state index contributed by atoms with van der Waals surface area (Å²) in [5.41, 5.74) is 2.38. The highest BCUT2D eigenvalue weighted by atomic mass is 32.2. The molecule has 6 heteroatoms. The zero-order valence-corrected chi connectivity index (χ0v) is 21.2. The first kappa shape index (κ1) is 23.7. The molecular formula is C24H39NO3SSi. The van der Waals surface area contributed by atoms with Gasteiger partial charge in [0.2, 0.25) is 10.0 Å². The van der Waals surface area contributed by atoms with Crippen molar-refractivity contribution >= 4 is 18.3 Å². The van der Waals surface area contributed by atoms with Gasteiger partial charge in [-0.3, -0.25) is 0 Å². The number of nitrogens with zero attached hydrogens (tertiary/aromatic N) is 1. The number of hydrogen-bond acceptors (Lipinski definition) is 3. The normalized spacial score (nSPS) is 25.2. The van der Waals surface area contributed by atoms with Gasteiger partial charge >= 0.3 is 0 Å². The lowest BCUT2D eigenvalue weighted by Gasteiger charge is -2.41. The monoisotopic (exact) mass is 449 g/mol. The molecule has 1 aromatic carbocycles. The topological polar surface area (TPSA) is 46.6 Å². The molecule has 30 heavy (non-hydrogen) atoms. The van der Waals surface area contributed by atoms with E-state index in [1.165, 1.54) is 5.57 Å². The summed E-state index contributed by atoms with van der Waals surface area (Å²) >= 11 is 0. The maximum Gasteiger partial charge on any atom is 0.243 e. The third kappa shape index (κ3) is 4.62. The molecule has 0 amide bonds. The van der Waals surface area contributed by atoms with Gasteiger partial charge in [-0.15, -0.1) is 0 Å². The number of aryl methyl sites for hydroxylation is 1. The average molecular weight is 450 g/mol. The molecule has 0 unspecified atom stereocenters. The number of fused-ring (bicyclic) bond motifs is 1. The molecule has 0 spiro atoms. The van der Waals surface area contributed by atoms with Crippen LogP contribution < -0.4 is 0 Å². The largest absolute Gasteiger partial charge is 0.413 e. The molecular weight excluding hydrogens is 410 g/mol. The van der Waals surface area contributed by atoms with Gasteiger partial charge in [-0.05, 0) is 55.9 Å². The second-order valence-electron chi connectivity index (χ2n) is 9.08. The van der Waals surface area contributed by atoms with E-state index in [9.17, 15) is 8.42 Å². The van der Waals surface area contributed by atoms with Gasteiger partial charge in [-0.25, -0.2) is 8.42 Å². The molecule has 1 saturated heterocycles. The standard InChI is InChI=1S/C24H39NO3SSi/c1-6-10-22-23-18-25(29(26,27)21-14-11-19(5)12-15-21)17-20(23)13-16-24(22)28-30(7-2,8-3)9-4/h11-15,22-24H,6-10,16-18H2,1-5H3/t22-,23+,24-/m0/s1. The fourth-order valence-electron chi connectivity index (χ4n) is 5.27. The summed E-state index contributed by atoms with van der Waals surface area (Å²) in [5.74, 6) is 0.714. The summed E-state index contributed by atoms with van der Waals surface area (Å²) in [6.07, 6.45) is 5.69. The molecule has 0 N–H and O–H groups in total. The fourth-order valence-corrected chi connectivity index (χ4v) is 9.64. The Balaban J connectivity index is 1.83. The fraction of sp³-hybridized carbons (Fsp3) is 0.667. The summed E-state index contributed by atoms with van der Waals surface area (Å²) < 4.78 is 35.2. The maximum atomic E-state index is 13.3. The Bertz CT molecular complexity index is 837. The van der Waals surface area contributed by atoms with E-state index in [1.54, 1.807) is 16.4 Å². The van der Waals surface area contributed by atoms with E-state index in [0.717, 1.165) is 43.0 Å². The van der Waals surface area contributed by atoms with Crippen molar-refractivity contribution in [1.29, 1.82) is 0 Å². The van der Waals surface area contributed by atoms with E-state index in [0.29, 0.717) is 29.8 Å². The van der Waals surface area contributed by atoms with Crippen molar-refractivity contribution in [2.75, 3.05) is 13.1 Å².